The van der Waals surface area contributed by atoms with Crippen molar-refractivity contribution in [3.05, 3.63) is 23.9 Å². The molecule has 1 saturated heterocycles. The fourth-order valence-corrected chi connectivity index (χ4v) is 2.04. The highest BCUT2D eigenvalue weighted by Crippen LogP contribution is 2.16. The number of rotatable bonds is 4. The van der Waals surface area contributed by atoms with Gasteiger partial charge in [0.2, 0.25) is 0 Å². The Balaban J connectivity index is 1.93. The van der Waals surface area contributed by atoms with E-state index in [9.17, 15) is 4.79 Å². The molecule has 92 valence electrons. The van der Waals surface area contributed by atoms with Crippen LogP contribution in [0.3, 0.4) is 0 Å². The fraction of sp³-hybridized carbons (Fsp3) is 0.538. The molecule has 0 spiro atoms. The lowest BCUT2D eigenvalue weighted by Crippen LogP contribution is -2.33. The van der Waals surface area contributed by atoms with Gasteiger partial charge in [0, 0.05) is 32.0 Å². The molecule has 1 fully saturated rings. The van der Waals surface area contributed by atoms with Crippen molar-refractivity contribution in [1.29, 1.82) is 0 Å². The van der Waals surface area contributed by atoms with Crippen molar-refractivity contribution in [2.24, 2.45) is 0 Å². The van der Waals surface area contributed by atoms with E-state index in [0.717, 1.165) is 31.7 Å². The molecule has 2 heterocycles. The molecule has 2 rings (SSSR count). The molecule has 0 saturated carbocycles. The van der Waals surface area contributed by atoms with Crippen LogP contribution in [0.5, 0.6) is 0 Å². The minimum atomic E-state index is 0.307. The number of anilines is 1. The number of aromatic nitrogens is 1. The zero-order chi connectivity index (χ0) is 12.1. The molecule has 1 aromatic rings. The predicted molar refractivity (Wildman–Crippen MR) is 66.5 cm³/mol. The average Bonchev–Trinajstić information content (AvgIpc) is 2.40. The molecule has 0 radical (unpaired) electrons. The minimum absolute atomic E-state index is 0.307. The molecule has 4 heteroatoms. The van der Waals surface area contributed by atoms with Gasteiger partial charge in [-0.05, 0) is 31.4 Å². The number of carbonyl (C=O) groups excluding carboxylic acids is 1. The van der Waals surface area contributed by atoms with E-state index in [4.69, 9.17) is 4.74 Å². The van der Waals surface area contributed by atoms with Gasteiger partial charge in [0.25, 0.3) is 0 Å². The first-order valence-electron chi connectivity index (χ1n) is 6.03. The van der Waals surface area contributed by atoms with Gasteiger partial charge in [-0.25, -0.2) is 4.98 Å². The van der Waals surface area contributed by atoms with Crippen LogP contribution in [0.4, 0.5) is 5.82 Å². The SMILES string of the molecule is CN(CC1CCCCO1)c1ccc(C=O)cn1. The second kappa shape index (κ2) is 5.77. The largest absolute Gasteiger partial charge is 0.376 e. The molecule has 0 N–H and O–H groups in total. The van der Waals surface area contributed by atoms with Gasteiger partial charge in [-0.15, -0.1) is 0 Å². The summed E-state index contributed by atoms with van der Waals surface area (Å²) < 4.78 is 5.69. The van der Waals surface area contributed by atoms with Crippen molar-refractivity contribution in [2.75, 3.05) is 25.1 Å². The normalized spacial score (nSPS) is 19.9. The minimum Gasteiger partial charge on any atom is -0.376 e. The molecule has 1 aromatic heterocycles. The number of nitrogens with zero attached hydrogens (tertiary/aromatic N) is 2. The Hall–Kier alpha value is -1.42. The Morgan fingerprint density at radius 1 is 1.53 bits per heavy atom. The number of hydrogen-bond acceptors (Lipinski definition) is 4. The summed E-state index contributed by atoms with van der Waals surface area (Å²) >= 11 is 0. The molecule has 1 unspecified atom stereocenters. The molecule has 1 aliphatic heterocycles. The maximum absolute atomic E-state index is 10.5. The zero-order valence-corrected chi connectivity index (χ0v) is 10.1. The van der Waals surface area contributed by atoms with Crippen molar-refractivity contribution in [2.45, 2.75) is 25.4 Å². The van der Waals surface area contributed by atoms with E-state index < -0.39 is 0 Å². The van der Waals surface area contributed by atoms with Gasteiger partial charge in [0.1, 0.15) is 5.82 Å². The summed E-state index contributed by atoms with van der Waals surface area (Å²) in [6, 6.07) is 3.65. The monoisotopic (exact) mass is 234 g/mol. The average molecular weight is 234 g/mol. The molecule has 4 nitrogen and oxygen atoms in total. The molecular weight excluding hydrogens is 216 g/mol. The van der Waals surface area contributed by atoms with Crippen molar-refractivity contribution in [3.63, 3.8) is 0 Å². The highest BCUT2D eigenvalue weighted by atomic mass is 16.5. The Bertz CT molecular complexity index is 358. The summed E-state index contributed by atoms with van der Waals surface area (Å²) in [6.45, 7) is 1.73. The Kier molecular flexibility index (Phi) is 4.09. The molecule has 17 heavy (non-hydrogen) atoms. The predicted octanol–water partition coefficient (Wildman–Crippen LogP) is 1.90. The summed E-state index contributed by atoms with van der Waals surface area (Å²) in [7, 11) is 2.00. The molecule has 0 bridgehead atoms. The summed E-state index contributed by atoms with van der Waals surface area (Å²) in [5, 5.41) is 0. The second-order valence-corrected chi connectivity index (χ2v) is 4.44. The fourth-order valence-electron chi connectivity index (χ4n) is 2.04. The van der Waals surface area contributed by atoms with Gasteiger partial charge in [-0.2, -0.15) is 0 Å². The van der Waals surface area contributed by atoms with Crippen LogP contribution in [-0.4, -0.2) is 37.6 Å². The highest BCUT2D eigenvalue weighted by Gasteiger charge is 2.16. The first kappa shape index (κ1) is 12.0. The molecule has 0 amide bonds. The van der Waals surface area contributed by atoms with Crippen LogP contribution in [0.1, 0.15) is 29.6 Å². The second-order valence-electron chi connectivity index (χ2n) is 4.44. The van der Waals surface area contributed by atoms with E-state index in [1.165, 1.54) is 12.8 Å². The lowest BCUT2D eigenvalue weighted by molar-refractivity contribution is 0.0215. The summed E-state index contributed by atoms with van der Waals surface area (Å²) in [4.78, 5) is 16.9. The zero-order valence-electron chi connectivity index (χ0n) is 10.1. The van der Waals surface area contributed by atoms with Crippen molar-refractivity contribution in [3.8, 4) is 0 Å². The van der Waals surface area contributed by atoms with E-state index in [0.29, 0.717) is 11.7 Å². The number of hydrogen-bond donors (Lipinski definition) is 0. The van der Waals surface area contributed by atoms with Crippen LogP contribution >= 0.6 is 0 Å². The van der Waals surface area contributed by atoms with Crippen molar-refractivity contribution in [1.82, 2.24) is 4.98 Å². The third-order valence-corrected chi connectivity index (χ3v) is 3.05. The van der Waals surface area contributed by atoms with Crippen LogP contribution in [0, 0.1) is 0 Å². The number of carbonyl (C=O) groups is 1. The highest BCUT2D eigenvalue weighted by molar-refractivity contribution is 5.74. The van der Waals surface area contributed by atoms with E-state index in [1.54, 1.807) is 12.3 Å². The maximum atomic E-state index is 10.5. The molecule has 1 atom stereocenters. The summed E-state index contributed by atoms with van der Waals surface area (Å²) in [5.41, 5.74) is 0.607. The van der Waals surface area contributed by atoms with Crippen molar-refractivity contribution >= 4 is 12.1 Å². The third-order valence-electron chi connectivity index (χ3n) is 3.05. The van der Waals surface area contributed by atoms with E-state index >= 15 is 0 Å². The van der Waals surface area contributed by atoms with Gasteiger partial charge in [0.15, 0.2) is 6.29 Å². The van der Waals surface area contributed by atoms with Gasteiger partial charge >= 0.3 is 0 Å². The van der Waals surface area contributed by atoms with Crippen molar-refractivity contribution < 1.29 is 9.53 Å². The number of aldehydes is 1. The van der Waals surface area contributed by atoms with Gasteiger partial charge in [-0.1, -0.05) is 0 Å². The number of pyridine rings is 1. The van der Waals surface area contributed by atoms with E-state index in [1.807, 2.05) is 13.1 Å². The Labute approximate surface area is 102 Å². The lowest BCUT2D eigenvalue weighted by Gasteiger charge is -2.28. The molecular formula is C13H18N2O2. The van der Waals surface area contributed by atoms with Crippen LogP contribution in [-0.2, 0) is 4.74 Å². The quantitative estimate of drug-likeness (QED) is 0.746. The first-order chi connectivity index (χ1) is 8.29. The van der Waals surface area contributed by atoms with Crippen LogP contribution in [0.2, 0.25) is 0 Å². The summed E-state index contributed by atoms with van der Waals surface area (Å²) in [5.74, 6) is 0.879. The number of ether oxygens (including phenoxy) is 1. The Morgan fingerprint density at radius 2 is 2.41 bits per heavy atom. The first-order valence-corrected chi connectivity index (χ1v) is 6.03. The Morgan fingerprint density at radius 3 is 3.00 bits per heavy atom. The van der Waals surface area contributed by atoms with Crippen LogP contribution in [0.25, 0.3) is 0 Å². The van der Waals surface area contributed by atoms with E-state index in [2.05, 4.69) is 9.88 Å². The lowest BCUT2D eigenvalue weighted by atomic mass is 10.1. The summed E-state index contributed by atoms with van der Waals surface area (Å²) in [6.07, 6.45) is 6.25. The van der Waals surface area contributed by atoms with Crippen LogP contribution < -0.4 is 4.90 Å². The standard InChI is InChI=1S/C13H18N2O2/c1-15(9-12-4-2-3-7-17-12)13-6-5-11(10-16)8-14-13/h5-6,8,10,12H,2-4,7,9H2,1H3. The molecule has 0 aliphatic carbocycles. The van der Waals surface area contributed by atoms with Gasteiger partial charge in [0.05, 0.1) is 6.10 Å². The maximum Gasteiger partial charge on any atom is 0.151 e. The van der Waals surface area contributed by atoms with E-state index in [-0.39, 0.29) is 0 Å². The van der Waals surface area contributed by atoms with Gasteiger partial charge in [-0.3, -0.25) is 4.79 Å². The van der Waals surface area contributed by atoms with Gasteiger partial charge < -0.3 is 9.64 Å². The topological polar surface area (TPSA) is 42.4 Å². The third kappa shape index (κ3) is 3.27. The van der Waals surface area contributed by atoms with Crippen LogP contribution in [0.15, 0.2) is 18.3 Å². The number of likely N-dealkylation sites (N-methyl/N-ethyl adjacent to an activating group) is 1. The molecule has 0 aromatic carbocycles. The molecule has 1 aliphatic rings. The smallest absolute Gasteiger partial charge is 0.151 e.